The van der Waals surface area contributed by atoms with Crippen LogP contribution in [-0.2, 0) is 9.59 Å². The highest BCUT2D eigenvalue weighted by Gasteiger charge is 2.20. The van der Waals surface area contributed by atoms with Gasteiger partial charge in [-0.05, 0) is 0 Å². The second-order valence-corrected chi connectivity index (χ2v) is 2.64. The molecule has 5 N–H and O–H groups in total. The van der Waals surface area contributed by atoms with Gasteiger partial charge in [0, 0.05) is 0 Å². The number of hydrogen-bond acceptors (Lipinski definition) is 5. The van der Waals surface area contributed by atoms with Crippen LogP contribution in [0.15, 0.2) is 9.59 Å². The Morgan fingerprint density at radius 2 is 1.19 bits per heavy atom. The van der Waals surface area contributed by atoms with Crippen LogP contribution < -0.4 is 22.0 Å². The van der Waals surface area contributed by atoms with Crippen LogP contribution in [-0.4, -0.2) is 33.0 Å². The van der Waals surface area contributed by atoms with Crippen molar-refractivity contribution in [1.29, 1.82) is 0 Å². The molecule has 10 nitrogen and oxygen atoms in total. The van der Waals surface area contributed by atoms with E-state index in [0.29, 0.717) is 0 Å². The molecule has 0 unspecified atom stereocenters. The molecule has 16 heavy (non-hydrogen) atoms. The first-order valence-electron chi connectivity index (χ1n) is 3.98. The zero-order valence-electron chi connectivity index (χ0n) is 7.75. The highest BCUT2D eigenvalue weighted by atomic mass is 16.2. The number of H-pyrrole nitrogens is 3. The van der Waals surface area contributed by atoms with Crippen LogP contribution in [0.5, 0.6) is 0 Å². The van der Waals surface area contributed by atoms with Gasteiger partial charge in [0.15, 0.2) is 0 Å². The van der Waals surface area contributed by atoms with Crippen LogP contribution in [0.2, 0.25) is 0 Å². The standard InChI is InChI=1S/C4H4N2O3.C2H3N3O2/c7-2-1-3(8)6-4(9)5-2;6-1-3-2(7)5-4-1/h1H2,(H2,5,6,7,8,9);(H3,3,4,5,6,7). The maximum atomic E-state index is 10.3. The largest absolute Gasteiger partial charge is 0.341 e. The van der Waals surface area contributed by atoms with E-state index in [9.17, 15) is 24.0 Å². The zero-order chi connectivity index (χ0) is 12.1. The van der Waals surface area contributed by atoms with E-state index in [1.807, 2.05) is 25.8 Å². The highest BCUT2D eigenvalue weighted by molar-refractivity contribution is 6.14. The number of barbiturate groups is 1. The van der Waals surface area contributed by atoms with Gasteiger partial charge in [-0.15, -0.1) is 0 Å². The van der Waals surface area contributed by atoms with E-state index in [1.54, 1.807) is 0 Å². The summed E-state index contributed by atoms with van der Waals surface area (Å²) in [5.41, 5.74) is -1.02. The molecule has 1 fully saturated rings. The van der Waals surface area contributed by atoms with E-state index in [1.165, 1.54) is 0 Å². The molecule has 10 heteroatoms. The van der Waals surface area contributed by atoms with E-state index in [-0.39, 0.29) is 6.42 Å². The number of imide groups is 2. The molecule has 0 aliphatic carbocycles. The lowest BCUT2D eigenvalue weighted by Gasteiger charge is -2.09. The molecule has 1 aromatic rings. The van der Waals surface area contributed by atoms with Crippen molar-refractivity contribution in [2.24, 2.45) is 0 Å². The van der Waals surface area contributed by atoms with Crippen molar-refractivity contribution in [1.82, 2.24) is 25.8 Å². The first-order chi connectivity index (χ1) is 7.47. The second kappa shape index (κ2) is 4.72. The van der Waals surface area contributed by atoms with Crippen LogP contribution in [0.1, 0.15) is 6.42 Å². The third-order valence-corrected chi connectivity index (χ3v) is 1.34. The minimum Gasteiger partial charge on any atom is -0.277 e. The molecule has 0 atom stereocenters. The minimum absolute atomic E-state index is 0.258. The molecule has 2 rings (SSSR count). The number of aromatic nitrogens is 3. The van der Waals surface area contributed by atoms with Crippen molar-refractivity contribution < 1.29 is 14.4 Å². The number of carbonyl (C=O) groups is 3. The van der Waals surface area contributed by atoms with Crippen LogP contribution in [0.25, 0.3) is 0 Å². The Kier molecular flexibility index (Phi) is 3.37. The summed E-state index contributed by atoms with van der Waals surface area (Å²) in [5.74, 6) is -1.10. The predicted molar refractivity (Wildman–Crippen MR) is 48.3 cm³/mol. The highest BCUT2D eigenvalue weighted by Crippen LogP contribution is 1.85. The Morgan fingerprint density at radius 3 is 1.44 bits per heavy atom. The first kappa shape index (κ1) is 11.4. The molecule has 0 aromatic carbocycles. The molecule has 1 saturated heterocycles. The van der Waals surface area contributed by atoms with Crippen molar-refractivity contribution >= 4 is 17.8 Å². The summed E-state index contributed by atoms with van der Waals surface area (Å²) < 4.78 is 0. The number of rotatable bonds is 0. The summed E-state index contributed by atoms with van der Waals surface area (Å²) in [6.45, 7) is 0. The smallest absolute Gasteiger partial charge is 0.277 e. The van der Waals surface area contributed by atoms with Gasteiger partial charge in [-0.1, -0.05) is 0 Å². The van der Waals surface area contributed by atoms with Gasteiger partial charge in [0.25, 0.3) is 0 Å². The topological polar surface area (TPSA) is 157 Å². The Hall–Kier alpha value is -2.65. The Bertz CT molecular complexity index is 452. The lowest BCUT2D eigenvalue weighted by atomic mass is 10.3. The van der Waals surface area contributed by atoms with Gasteiger partial charge < -0.3 is 0 Å². The molecular formula is C6H7N5O5. The average molecular weight is 229 g/mol. The SMILES string of the molecule is O=C1CC(=O)NC(=O)N1.O=c1[nH][nH]c(=O)[nH]1. The normalized spacial score (nSPS) is 14.6. The van der Waals surface area contributed by atoms with E-state index in [2.05, 4.69) is 0 Å². The number of carbonyl (C=O) groups excluding carboxylic acids is 3. The van der Waals surface area contributed by atoms with Gasteiger partial charge in [-0.3, -0.25) is 25.2 Å². The Morgan fingerprint density at radius 1 is 0.750 bits per heavy atom. The van der Waals surface area contributed by atoms with Crippen LogP contribution in [0.4, 0.5) is 4.79 Å². The fraction of sp³-hybridized carbons (Fsp3) is 0.167. The Balaban J connectivity index is 0.000000165. The average Bonchev–Trinajstić information content (AvgIpc) is 2.48. The van der Waals surface area contributed by atoms with Crippen molar-refractivity contribution in [3.8, 4) is 0 Å². The lowest BCUT2D eigenvalue weighted by molar-refractivity contribution is -0.129. The van der Waals surface area contributed by atoms with Gasteiger partial charge in [-0.25, -0.2) is 24.6 Å². The number of hydrogen-bond donors (Lipinski definition) is 5. The van der Waals surface area contributed by atoms with E-state index >= 15 is 0 Å². The van der Waals surface area contributed by atoms with E-state index in [0.717, 1.165) is 0 Å². The molecule has 4 amide bonds. The van der Waals surface area contributed by atoms with Crippen molar-refractivity contribution in [3.05, 3.63) is 21.0 Å². The molecular weight excluding hydrogens is 222 g/mol. The van der Waals surface area contributed by atoms with Gasteiger partial charge in [-0.2, -0.15) is 0 Å². The van der Waals surface area contributed by atoms with Crippen LogP contribution in [0.3, 0.4) is 0 Å². The van der Waals surface area contributed by atoms with Crippen LogP contribution in [0, 0.1) is 0 Å². The van der Waals surface area contributed by atoms with Gasteiger partial charge >= 0.3 is 17.4 Å². The second-order valence-electron chi connectivity index (χ2n) is 2.64. The zero-order valence-corrected chi connectivity index (χ0v) is 7.75. The van der Waals surface area contributed by atoms with Gasteiger partial charge in [0.05, 0.1) is 0 Å². The maximum absolute atomic E-state index is 10.3. The predicted octanol–water partition coefficient (Wildman–Crippen LogP) is -2.87. The lowest BCUT2D eigenvalue weighted by Crippen LogP contribution is -2.49. The van der Waals surface area contributed by atoms with Crippen molar-refractivity contribution in [2.45, 2.75) is 6.42 Å². The molecule has 1 aromatic heterocycles. The van der Waals surface area contributed by atoms with E-state index < -0.39 is 29.2 Å². The van der Waals surface area contributed by atoms with Gasteiger partial charge in [0.2, 0.25) is 11.8 Å². The fourth-order valence-electron chi connectivity index (χ4n) is 0.798. The molecule has 0 bridgehead atoms. The quantitative estimate of drug-likeness (QED) is 0.302. The minimum atomic E-state index is -0.740. The monoisotopic (exact) mass is 229 g/mol. The number of aromatic amines is 3. The summed E-state index contributed by atoms with van der Waals surface area (Å²) in [7, 11) is 0. The summed E-state index contributed by atoms with van der Waals surface area (Å²) in [6, 6.07) is -0.740. The number of nitrogens with one attached hydrogen (secondary N) is 5. The van der Waals surface area contributed by atoms with Crippen LogP contribution >= 0.6 is 0 Å². The third-order valence-electron chi connectivity index (χ3n) is 1.34. The first-order valence-corrected chi connectivity index (χ1v) is 3.98. The summed E-state index contributed by atoms with van der Waals surface area (Å²) in [5, 5.41) is 7.84. The van der Waals surface area contributed by atoms with Crippen molar-refractivity contribution in [2.75, 3.05) is 0 Å². The Labute approximate surface area is 86.4 Å². The number of urea groups is 1. The summed E-state index contributed by atoms with van der Waals surface area (Å²) >= 11 is 0. The molecule has 1 aliphatic heterocycles. The molecule has 0 saturated carbocycles. The van der Waals surface area contributed by atoms with Gasteiger partial charge in [0.1, 0.15) is 6.42 Å². The molecule has 1 aliphatic rings. The molecule has 0 spiro atoms. The molecule has 0 radical (unpaired) electrons. The maximum Gasteiger partial charge on any atom is 0.341 e. The third kappa shape index (κ3) is 3.61. The summed E-state index contributed by atoms with van der Waals surface area (Å²) in [4.78, 5) is 52.6. The number of amides is 4. The molecule has 86 valence electrons. The van der Waals surface area contributed by atoms with Crippen molar-refractivity contribution in [3.63, 3.8) is 0 Å². The fourth-order valence-corrected chi connectivity index (χ4v) is 0.798. The molecule has 2 heterocycles. The van der Waals surface area contributed by atoms with E-state index in [4.69, 9.17) is 0 Å². The summed E-state index contributed by atoms with van der Waals surface area (Å²) in [6.07, 6.45) is -0.258.